The average molecular weight is 381 g/mol. The third kappa shape index (κ3) is 4.36. The molecule has 0 aromatic heterocycles. The molecule has 0 bridgehead atoms. The highest BCUT2D eigenvalue weighted by molar-refractivity contribution is 9.10. The van der Waals surface area contributed by atoms with E-state index < -0.39 is 12.4 Å². The Bertz CT molecular complexity index is 648. The van der Waals surface area contributed by atoms with Gasteiger partial charge in [0.15, 0.2) is 0 Å². The number of alkyl halides is 3. The Hall–Kier alpha value is -1.24. The summed E-state index contributed by atoms with van der Waals surface area (Å²) in [5.41, 5.74) is 7.15. The van der Waals surface area contributed by atoms with Crippen LogP contribution >= 0.6 is 27.5 Å². The lowest BCUT2D eigenvalue weighted by Gasteiger charge is -2.16. The molecule has 2 rings (SSSR count). The van der Waals surface area contributed by atoms with Crippen molar-refractivity contribution in [2.24, 2.45) is 5.73 Å². The van der Waals surface area contributed by atoms with Crippen molar-refractivity contribution in [3.05, 3.63) is 63.1 Å². The van der Waals surface area contributed by atoms with Crippen molar-refractivity contribution in [3.63, 3.8) is 0 Å². The maximum atomic E-state index is 12.2. The normalized spacial score (nSPS) is 13.0. The standard InChI is InChI=1S/C14H10BrClF3NO/c15-9-4-5-11(12(16)7-9)13(20)8-2-1-3-10(6-8)21-14(17,18)19/h1-7,13H,20H2. The quantitative estimate of drug-likeness (QED) is 0.809. The van der Waals surface area contributed by atoms with Crippen LogP contribution in [0.25, 0.3) is 0 Å². The maximum Gasteiger partial charge on any atom is 0.573 e. The molecule has 0 aliphatic carbocycles. The summed E-state index contributed by atoms with van der Waals surface area (Å²) in [6.07, 6.45) is -4.74. The smallest absolute Gasteiger partial charge is 0.406 e. The van der Waals surface area contributed by atoms with Crippen LogP contribution in [0.4, 0.5) is 13.2 Å². The molecule has 0 radical (unpaired) electrons. The summed E-state index contributed by atoms with van der Waals surface area (Å²) >= 11 is 9.38. The molecular formula is C14H10BrClF3NO. The summed E-state index contributed by atoms with van der Waals surface area (Å²) in [5, 5.41) is 0.430. The zero-order valence-corrected chi connectivity index (χ0v) is 12.8. The van der Waals surface area contributed by atoms with Crippen molar-refractivity contribution < 1.29 is 17.9 Å². The van der Waals surface area contributed by atoms with Crippen LogP contribution < -0.4 is 10.5 Å². The minimum atomic E-state index is -4.74. The summed E-state index contributed by atoms with van der Waals surface area (Å²) in [6.45, 7) is 0. The minimum absolute atomic E-state index is 0.316. The van der Waals surface area contributed by atoms with Gasteiger partial charge in [-0.1, -0.05) is 45.7 Å². The number of nitrogens with two attached hydrogens (primary N) is 1. The molecule has 2 nitrogen and oxygen atoms in total. The van der Waals surface area contributed by atoms with Crippen LogP contribution in [0.5, 0.6) is 5.75 Å². The van der Waals surface area contributed by atoms with E-state index in [1.807, 2.05) is 0 Å². The second-order valence-corrected chi connectivity index (χ2v) is 5.59. The van der Waals surface area contributed by atoms with E-state index in [2.05, 4.69) is 20.7 Å². The molecule has 1 atom stereocenters. The first kappa shape index (κ1) is 16.1. The predicted octanol–water partition coefficient (Wildman–Crippen LogP) is 5.05. The van der Waals surface area contributed by atoms with Crippen molar-refractivity contribution in [3.8, 4) is 5.75 Å². The van der Waals surface area contributed by atoms with Gasteiger partial charge in [0.05, 0.1) is 6.04 Å². The average Bonchev–Trinajstić information content (AvgIpc) is 2.36. The highest BCUT2D eigenvalue weighted by Crippen LogP contribution is 2.31. The maximum absolute atomic E-state index is 12.2. The lowest BCUT2D eigenvalue weighted by molar-refractivity contribution is -0.274. The van der Waals surface area contributed by atoms with Crippen LogP contribution in [0.1, 0.15) is 17.2 Å². The van der Waals surface area contributed by atoms with Gasteiger partial charge in [0.2, 0.25) is 0 Å². The third-order valence-electron chi connectivity index (χ3n) is 2.75. The fourth-order valence-corrected chi connectivity index (χ4v) is 2.63. The van der Waals surface area contributed by atoms with Crippen LogP contribution in [0.3, 0.4) is 0 Å². The highest BCUT2D eigenvalue weighted by atomic mass is 79.9. The van der Waals surface area contributed by atoms with Gasteiger partial charge in [-0.2, -0.15) is 0 Å². The van der Waals surface area contributed by atoms with Gasteiger partial charge in [-0.15, -0.1) is 13.2 Å². The second kappa shape index (κ2) is 6.25. The highest BCUT2D eigenvalue weighted by Gasteiger charge is 2.31. The molecule has 0 amide bonds. The zero-order valence-electron chi connectivity index (χ0n) is 10.5. The lowest BCUT2D eigenvalue weighted by Crippen LogP contribution is -2.18. The van der Waals surface area contributed by atoms with Crippen LogP contribution in [0.15, 0.2) is 46.9 Å². The van der Waals surface area contributed by atoms with E-state index >= 15 is 0 Å². The summed E-state index contributed by atoms with van der Waals surface area (Å²) in [5.74, 6) is -0.316. The Morgan fingerprint density at radius 1 is 1.14 bits per heavy atom. The first-order valence-electron chi connectivity index (χ1n) is 5.82. The van der Waals surface area contributed by atoms with Crippen molar-refractivity contribution in [2.75, 3.05) is 0 Å². The van der Waals surface area contributed by atoms with Gasteiger partial charge < -0.3 is 10.5 Å². The molecule has 2 aromatic carbocycles. The number of hydrogen-bond donors (Lipinski definition) is 1. The minimum Gasteiger partial charge on any atom is -0.406 e. The molecule has 112 valence electrons. The van der Waals surface area contributed by atoms with Crippen LogP contribution in [0.2, 0.25) is 5.02 Å². The Kier molecular flexibility index (Phi) is 4.81. The van der Waals surface area contributed by atoms with Gasteiger partial charge >= 0.3 is 6.36 Å². The number of halogens is 5. The van der Waals surface area contributed by atoms with Crippen molar-refractivity contribution in [2.45, 2.75) is 12.4 Å². The molecule has 0 aliphatic heterocycles. The molecule has 2 N–H and O–H groups in total. The van der Waals surface area contributed by atoms with Crippen molar-refractivity contribution in [1.29, 1.82) is 0 Å². The number of benzene rings is 2. The first-order valence-corrected chi connectivity index (χ1v) is 6.99. The third-order valence-corrected chi connectivity index (χ3v) is 3.57. The van der Waals surface area contributed by atoms with E-state index in [4.69, 9.17) is 17.3 Å². The number of rotatable bonds is 3. The van der Waals surface area contributed by atoms with E-state index in [1.54, 1.807) is 24.3 Å². The van der Waals surface area contributed by atoms with Crippen LogP contribution in [0, 0.1) is 0 Å². The number of ether oxygens (including phenoxy) is 1. The van der Waals surface area contributed by atoms with Crippen LogP contribution in [-0.2, 0) is 0 Å². The van der Waals surface area contributed by atoms with E-state index in [1.165, 1.54) is 18.2 Å². The second-order valence-electron chi connectivity index (χ2n) is 4.26. The van der Waals surface area contributed by atoms with E-state index in [0.717, 1.165) is 4.47 Å². The Labute approximate surface area is 132 Å². The molecule has 0 aliphatic rings. The van der Waals surface area contributed by atoms with Gasteiger partial charge in [-0.05, 0) is 35.4 Å². The molecule has 0 saturated heterocycles. The van der Waals surface area contributed by atoms with Crippen LogP contribution in [-0.4, -0.2) is 6.36 Å². The summed E-state index contributed by atoms with van der Waals surface area (Å²) in [4.78, 5) is 0. The Morgan fingerprint density at radius 3 is 2.48 bits per heavy atom. The van der Waals surface area contributed by atoms with E-state index in [-0.39, 0.29) is 5.75 Å². The van der Waals surface area contributed by atoms with Gasteiger partial charge in [-0.25, -0.2) is 0 Å². The van der Waals surface area contributed by atoms with Crippen molar-refractivity contribution in [1.82, 2.24) is 0 Å². The fraction of sp³-hybridized carbons (Fsp3) is 0.143. The summed E-state index contributed by atoms with van der Waals surface area (Å²) < 4.78 is 41.3. The lowest BCUT2D eigenvalue weighted by atomic mass is 9.99. The summed E-state index contributed by atoms with van der Waals surface area (Å²) in [7, 11) is 0. The Morgan fingerprint density at radius 2 is 1.86 bits per heavy atom. The molecule has 0 saturated carbocycles. The van der Waals surface area contributed by atoms with Gasteiger partial charge in [-0.3, -0.25) is 0 Å². The molecule has 0 fully saturated rings. The van der Waals surface area contributed by atoms with Crippen molar-refractivity contribution >= 4 is 27.5 Å². The zero-order chi connectivity index (χ0) is 15.6. The molecule has 2 aromatic rings. The number of hydrogen-bond acceptors (Lipinski definition) is 2. The fourth-order valence-electron chi connectivity index (χ4n) is 1.84. The van der Waals surface area contributed by atoms with E-state index in [0.29, 0.717) is 16.1 Å². The molecule has 1 unspecified atom stereocenters. The molecular weight excluding hydrogens is 371 g/mol. The van der Waals surface area contributed by atoms with Gasteiger partial charge in [0, 0.05) is 9.50 Å². The summed E-state index contributed by atoms with van der Waals surface area (Å²) in [6, 6.07) is 10.0. The molecule has 0 heterocycles. The predicted molar refractivity (Wildman–Crippen MR) is 78.3 cm³/mol. The molecule has 7 heteroatoms. The van der Waals surface area contributed by atoms with E-state index in [9.17, 15) is 13.2 Å². The largest absolute Gasteiger partial charge is 0.573 e. The molecule has 0 spiro atoms. The topological polar surface area (TPSA) is 35.2 Å². The Balaban J connectivity index is 2.31. The molecule has 21 heavy (non-hydrogen) atoms. The SMILES string of the molecule is NC(c1cccc(OC(F)(F)F)c1)c1ccc(Br)cc1Cl. The monoisotopic (exact) mass is 379 g/mol. The van der Waals surface area contributed by atoms with Gasteiger partial charge in [0.25, 0.3) is 0 Å². The van der Waals surface area contributed by atoms with Gasteiger partial charge in [0.1, 0.15) is 5.75 Å². The first-order chi connectivity index (χ1) is 9.76.